The molecule has 2 amide bonds. The maximum absolute atomic E-state index is 12.3. The number of anilines is 1. The van der Waals surface area contributed by atoms with Crippen molar-refractivity contribution in [2.75, 3.05) is 18.5 Å². The van der Waals surface area contributed by atoms with Crippen molar-refractivity contribution in [1.82, 2.24) is 15.1 Å². The van der Waals surface area contributed by atoms with E-state index in [0.717, 1.165) is 5.69 Å². The number of amides is 2. The van der Waals surface area contributed by atoms with Gasteiger partial charge >= 0.3 is 6.03 Å². The van der Waals surface area contributed by atoms with Gasteiger partial charge in [0.2, 0.25) is 0 Å². The number of morpholine rings is 1. The third kappa shape index (κ3) is 3.69. The van der Waals surface area contributed by atoms with Gasteiger partial charge in [-0.1, -0.05) is 20.8 Å². The molecule has 2 atom stereocenters. The molecule has 2 heterocycles. The molecule has 0 spiro atoms. The van der Waals surface area contributed by atoms with Crippen molar-refractivity contribution >= 4 is 11.8 Å². The molecule has 21 heavy (non-hydrogen) atoms. The monoisotopic (exact) mass is 292 g/mol. The first-order valence-electron chi connectivity index (χ1n) is 7.32. The minimum absolute atomic E-state index is 0.0406. The Balaban J connectivity index is 2.02. The third-order valence-corrected chi connectivity index (χ3v) is 3.81. The number of nitrogens with one attached hydrogen (secondary N) is 1. The standard InChI is InChI=1S/C15H24N4O2/c1-10-11(2)21-9-8-19(10)14(20)16-13-7-6-12(17-18-13)15(3,4)5/h6-7,10-11H,8-9H2,1-5H3,(H,16,18,20)/t10-,11-/m0/s1. The molecular weight excluding hydrogens is 268 g/mol. The van der Waals surface area contributed by atoms with Crippen LogP contribution in [0.1, 0.15) is 40.3 Å². The molecule has 116 valence electrons. The van der Waals surface area contributed by atoms with Crippen molar-refractivity contribution in [1.29, 1.82) is 0 Å². The topological polar surface area (TPSA) is 67.3 Å². The fraction of sp³-hybridized carbons (Fsp3) is 0.667. The van der Waals surface area contributed by atoms with E-state index in [1.165, 1.54) is 0 Å². The van der Waals surface area contributed by atoms with Crippen LogP contribution in [0.5, 0.6) is 0 Å². The molecule has 1 saturated heterocycles. The minimum atomic E-state index is -0.157. The van der Waals surface area contributed by atoms with Gasteiger partial charge in [0.15, 0.2) is 5.82 Å². The predicted octanol–water partition coefficient (Wildman–Crippen LogP) is 2.42. The van der Waals surface area contributed by atoms with Gasteiger partial charge < -0.3 is 9.64 Å². The molecule has 1 N–H and O–H groups in total. The van der Waals surface area contributed by atoms with E-state index in [1.54, 1.807) is 11.0 Å². The van der Waals surface area contributed by atoms with Gasteiger partial charge in [0.05, 0.1) is 24.4 Å². The van der Waals surface area contributed by atoms with Crippen LogP contribution in [-0.4, -0.2) is 46.4 Å². The number of carbonyl (C=O) groups is 1. The van der Waals surface area contributed by atoms with Gasteiger partial charge in [-0.2, -0.15) is 5.10 Å². The molecule has 0 aliphatic carbocycles. The second kappa shape index (κ2) is 5.97. The number of ether oxygens (including phenoxy) is 1. The lowest BCUT2D eigenvalue weighted by Crippen LogP contribution is -2.52. The van der Waals surface area contributed by atoms with Crippen LogP contribution in [0.2, 0.25) is 0 Å². The molecule has 1 aliphatic rings. The predicted molar refractivity (Wildman–Crippen MR) is 81.3 cm³/mol. The van der Waals surface area contributed by atoms with Gasteiger partial charge in [0.1, 0.15) is 0 Å². The molecule has 0 aromatic carbocycles. The smallest absolute Gasteiger partial charge is 0.323 e. The molecule has 6 nitrogen and oxygen atoms in total. The van der Waals surface area contributed by atoms with Crippen LogP contribution in [0.4, 0.5) is 10.6 Å². The second-order valence-corrected chi connectivity index (χ2v) is 6.49. The molecule has 0 saturated carbocycles. The van der Waals surface area contributed by atoms with E-state index < -0.39 is 0 Å². The number of hydrogen-bond donors (Lipinski definition) is 1. The van der Waals surface area contributed by atoms with Crippen LogP contribution >= 0.6 is 0 Å². The van der Waals surface area contributed by atoms with E-state index in [2.05, 4.69) is 36.3 Å². The fourth-order valence-corrected chi connectivity index (χ4v) is 2.20. The largest absolute Gasteiger partial charge is 0.375 e. The van der Waals surface area contributed by atoms with Gasteiger partial charge in [0.25, 0.3) is 0 Å². The summed E-state index contributed by atoms with van der Waals surface area (Å²) in [5, 5.41) is 11.1. The zero-order valence-electron chi connectivity index (χ0n) is 13.4. The minimum Gasteiger partial charge on any atom is -0.375 e. The van der Waals surface area contributed by atoms with E-state index >= 15 is 0 Å². The summed E-state index contributed by atoms with van der Waals surface area (Å²) in [6.07, 6.45) is 0.0406. The van der Waals surface area contributed by atoms with Gasteiger partial charge in [-0.25, -0.2) is 4.79 Å². The van der Waals surface area contributed by atoms with Crippen molar-refractivity contribution < 1.29 is 9.53 Å². The highest BCUT2D eigenvalue weighted by atomic mass is 16.5. The Bertz CT molecular complexity index is 495. The fourth-order valence-electron chi connectivity index (χ4n) is 2.20. The molecule has 1 fully saturated rings. The highest BCUT2D eigenvalue weighted by Crippen LogP contribution is 2.20. The Labute approximate surface area is 125 Å². The number of nitrogens with zero attached hydrogens (tertiary/aromatic N) is 3. The Morgan fingerprint density at radius 2 is 2.05 bits per heavy atom. The number of hydrogen-bond acceptors (Lipinski definition) is 4. The Kier molecular flexibility index (Phi) is 4.46. The van der Waals surface area contributed by atoms with E-state index in [1.807, 2.05) is 19.9 Å². The summed E-state index contributed by atoms with van der Waals surface area (Å²) in [4.78, 5) is 14.1. The molecule has 0 radical (unpaired) electrons. The van der Waals surface area contributed by atoms with Crippen LogP contribution in [0.25, 0.3) is 0 Å². The highest BCUT2D eigenvalue weighted by molar-refractivity contribution is 5.88. The Hall–Kier alpha value is -1.69. The van der Waals surface area contributed by atoms with Crippen molar-refractivity contribution in [2.24, 2.45) is 0 Å². The SMILES string of the molecule is C[C@@H]1OCCN(C(=O)Nc2ccc(C(C)(C)C)nn2)[C@H]1C. The van der Waals surface area contributed by atoms with E-state index in [0.29, 0.717) is 19.0 Å². The second-order valence-electron chi connectivity index (χ2n) is 6.49. The van der Waals surface area contributed by atoms with E-state index in [4.69, 9.17) is 4.74 Å². The lowest BCUT2D eigenvalue weighted by molar-refractivity contribution is -0.0355. The van der Waals surface area contributed by atoms with Gasteiger partial charge in [0, 0.05) is 12.0 Å². The van der Waals surface area contributed by atoms with Crippen LogP contribution < -0.4 is 5.32 Å². The van der Waals surface area contributed by atoms with Crippen molar-refractivity contribution in [2.45, 2.75) is 52.2 Å². The van der Waals surface area contributed by atoms with Crippen molar-refractivity contribution in [3.8, 4) is 0 Å². The van der Waals surface area contributed by atoms with Crippen LogP contribution in [0, 0.1) is 0 Å². The van der Waals surface area contributed by atoms with E-state index in [-0.39, 0.29) is 23.6 Å². The van der Waals surface area contributed by atoms with E-state index in [9.17, 15) is 4.79 Å². The summed E-state index contributed by atoms with van der Waals surface area (Å²) in [7, 11) is 0. The summed E-state index contributed by atoms with van der Waals surface area (Å²) >= 11 is 0. The first-order chi connectivity index (χ1) is 9.79. The maximum Gasteiger partial charge on any atom is 0.323 e. The molecule has 1 aliphatic heterocycles. The normalized spacial score (nSPS) is 23.0. The van der Waals surface area contributed by atoms with Crippen LogP contribution in [-0.2, 0) is 10.2 Å². The maximum atomic E-state index is 12.3. The molecule has 1 aromatic heterocycles. The average Bonchev–Trinajstić information content (AvgIpc) is 2.41. The first kappa shape index (κ1) is 15.7. The number of carbonyl (C=O) groups excluding carboxylic acids is 1. The molecule has 2 rings (SSSR count). The number of aromatic nitrogens is 2. The molecule has 0 bridgehead atoms. The first-order valence-corrected chi connectivity index (χ1v) is 7.32. The summed E-state index contributed by atoms with van der Waals surface area (Å²) in [6, 6.07) is 3.57. The number of rotatable bonds is 1. The summed E-state index contributed by atoms with van der Waals surface area (Å²) in [6.45, 7) is 11.3. The summed E-state index contributed by atoms with van der Waals surface area (Å²) in [5.41, 5.74) is 0.845. The lowest BCUT2D eigenvalue weighted by atomic mass is 9.92. The molecule has 1 aromatic rings. The molecule has 6 heteroatoms. The summed E-state index contributed by atoms with van der Waals surface area (Å²) < 4.78 is 5.52. The van der Waals surface area contributed by atoms with Crippen LogP contribution in [0.3, 0.4) is 0 Å². The van der Waals surface area contributed by atoms with Crippen LogP contribution in [0.15, 0.2) is 12.1 Å². The van der Waals surface area contributed by atoms with Gasteiger partial charge in [-0.15, -0.1) is 5.10 Å². The summed E-state index contributed by atoms with van der Waals surface area (Å²) in [5.74, 6) is 0.472. The Morgan fingerprint density at radius 3 is 2.62 bits per heavy atom. The number of urea groups is 1. The molecular formula is C15H24N4O2. The zero-order chi connectivity index (χ0) is 15.6. The van der Waals surface area contributed by atoms with Gasteiger partial charge in [-0.3, -0.25) is 5.32 Å². The highest BCUT2D eigenvalue weighted by Gasteiger charge is 2.29. The van der Waals surface area contributed by atoms with Crippen molar-refractivity contribution in [3.63, 3.8) is 0 Å². The average molecular weight is 292 g/mol. The Morgan fingerprint density at radius 1 is 1.33 bits per heavy atom. The lowest BCUT2D eigenvalue weighted by Gasteiger charge is -2.37. The quantitative estimate of drug-likeness (QED) is 0.863. The third-order valence-electron chi connectivity index (χ3n) is 3.81. The van der Waals surface area contributed by atoms with Crippen molar-refractivity contribution in [3.05, 3.63) is 17.8 Å². The zero-order valence-corrected chi connectivity index (χ0v) is 13.4. The van der Waals surface area contributed by atoms with Gasteiger partial charge in [-0.05, 0) is 26.0 Å². The molecule has 0 unspecified atom stereocenters.